The number of carbonyl (C=O) groups excluding carboxylic acids is 2. The first-order valence-electron chi connectivity index (χ1n) is 7.10. The van der Waals surface area contributed by atoms with E-state index in [0.717, 1.165) is 0 Å². The Bertz CT molecular complexity index is 624. The van der Waals surface area contributed by atoms with Crippen molar-refractivity contribution in [2.24, 2.45) is 4.99 Å². The summed E-state index contributed by atoms with van der Waals surface area (Å²) in [5.74, 6) is -0.291. The van der Waals surface area contributed by atoms with Gasteiger partial charge in [-0.3, -0.25) is 19.5 Å². The van der Waals surface area contributed by atoms with Crippen LogP contribution < -0.4 is 10.2 Å². The predicted octanol–water partition coefficient (Wildman–Crippen LogP) is 1.93. The summed E-state index contributed by atoms with van der Waals surface area (Å²) in [5, 5.41) is 3.33. The summed E-state index contributed by atoms with van der Waals surface area (Å²) < 4.78 is 4.89. The van der Waals surface area contributed by atoms with E-state index in [1.165, 1.54) is 16.7 Å². The van der Waals surface area contributed by atoms with Gasteiger partial charge in [0, 0.05) is 13.7 Å². The molecule has 0 aliphatic carbocycles. The Balaban J connectivity index is 2.05. The van der Waals surface area contributed by atoms with Crippen LogP contribution in [0.2, 0.25) is 5.02 Å². The van der Waals surface area contributed by atoms with E-state index in [-0.39, 0.29) is 23.6 Å². The summed E-state index contributed by atoms with van der Waals surface area (Å²) >= 11 is 7.40. The number of benzene rings is 1. The van der Waals surface area contributed by atoms with Crippen LogP contribution in [0.4, 0.5) is 5.69 Å². The summed E-state index contributed by atoms with van der Waals surface area (Å²) in [6.07, 6.45) is 0. The average Bonchev–Trinajstić information content (AvgIpc) is 2.88. The Kier molecular flexibility index (Phi) is 6.44. The van der Waals surface area contributed by atoms with Gasteiger partial charge < -0.3 is 10.1 Å². The minimum atomic E-state index is -0.388. The number of hydrogen-bond acceptors (Lipinski definition) is 5. The van der Waals surface area contributed by atoms with Crippen LogP contribution in [-0.2, 0) is 14.3 Å². The highest BCUT2D eigenvalue weighted by Crippen LogP contribution is 2.31. The molecule has 1 atom stereocenters. The Labute approximate surface area is 144 Å². The van der Waals surface area contributed by atoms with Crippen LogP contribution in [0.1, 0.15) is 6.92 Å². The highest BCUT2D eigenvalue weighted by Gasteiger charge is 2.31. The molecule has 1 aromatic carbocycles. The summed E-state index contributed by atoms with van der Waals surface area (Å²) in [5.41, 5.74) is 0.579. The maximum absolute atomic E-state index is 12.1. The molecule has 0 bridgehead atoms. The molecule has 1 aliphatic heterocycles. The number of thioether (sulfide) groups is 1. The summed E-state index contributed by atoms with van der Waals surface area (Å²) in [4.78, 5) is 29.8. The second-order valence-electron chi connectivity index (χ2n) is 4.82. The number of hydrogen-bond donors (Lipinski definition) is 1. The smallest absolute Gasteiger partial charge is 0.254 e. The average molecular weight is 356 g/mol. The topological polar surface area (TPSA) is 71.0 Å². The normalized spacial score (nSPS) is 15.5. The van der Waals surface area contributed by atoms with Gasteiger partial charge in [-0.05, 0) is 19.1 Å². The van der Waals surface area contributed by atoms with Crippen LogP contribution in [0.5, 0.6) is 0 Å². The van der Waals surface area contributed by atoms with E-state index in [2.05, 4.69) is 10.3 Å². The van der Waals surface area contributed by atoms with Gasteiger partial charge in [-0.1, -0.05) is 35.5 Å². The summed E-state index contributed by atoms with van der Waals surface area (Å²) in [6, 6.07) is 7.06. The molecule has 6 nitrogen and oxygen atoms in total. The van der Waals surface area contributed by atoms with Crippen molar-refractivity contribution in [1.29, 1.82) is 0 Å². The van der Waals surface area contributed by atoms with Crippen molar-refractivity contribution in [3.05, 3.63) is 29.3 Å². The molecule has 0 unspecified atom stereocenters. The van der Waals surface area contributed by atoms with Crippen LogP contribution in [0.25, 0.3) is 0 Å². The first-order chi connectivity index (χ1) is 11.0. The first-order valence-corrected chi connectivity index (χ1v) is 8.35. The largest absolute Gasteiger partial charge is 0.383 e. The first kappa shape index (κ1) is 17.8. The number of amidine groups is 1. The number of aliphatic imine (C=N–C) groups is 1. The fraction of sp³-hybridized carbons (Fsp3) is 0.400. The molecule has 2 amide bonds. The van der Waals surface area contributed by atoms with E-state index in [1.807, 2.05) is 0 Å². The SMILES string of the molecule is COCCNC(=O)[C@H](C)SC1=NCC(=O)N1c1ccccc1Cl. The molecule has 1 heterocycles. The van der Waals surface area contributed by atoms with Crippen LogP contribution >= 0.6 is 23.4 Å². The Morgan fingerprint density at radius 3 is 2.96 bits per heavy atom. The minimum absolute atomic E-state index is 0.0611. The lowest BCUT2D eigenvalue weighted by molar-refractivity contribution is -0.120. The third-order valence-corrected chi connectivity index (χ3v) is 4.55. The van der Waals surface area contributed by atoms with Gasteiger partial charge >= 0.3 is 0 Å². The van der Waals surface area contributed by atoms with Crippen LogP contribution in [0, 0.1) is 0 Å². The molecular formula is C15H18ClN3O3S. The highest BCUT2D eigenvalue weighted by atomic mass is 35.5. The van der Waals surface area contributed by atoms with E-state index >= 15 is 0 Å². The van der Waals surface area contributed by atoms with Gasteiger partial charge in [0.25, 0.3) is 5.91 Å². The summed E-state index contributed by atoms with van der Waals surface area (Å²) in [7, 11) is 1.57. The lowest BCUT2D eigenvalue weighted by Crippen LogP contribution is -2.37. The molecule has 1 aromatic rings. The number of nitrogens with zero attached hydrogens (tertiary/aromatic N) is 2. The zero-order chi connectivity index (χ0) is 16.8. The zero-order valence-corrected chi connectivity index (χ0v) is 14.5. The van der Waals surface area contributed by atoms with E-state index in [1.54, 1.807) is 38.3 Å². The van der Waals surface area contributed by atoms with E-state index in [9.17, 15) is 9.59 Å². The lowest BCUT2D eigenvalue weighted by atomic mass is 10.3. The van der Waals surface area contributed by atoms with Crippen LogP contribution in [0.15, 0.2) is 29.3 Å². The van der Waals surface area contributed by atoms with E-state index < -0.39 is 0 Å². The van der Waals surface area contributed by atoms with Gasteiger partial charge in [0.2, 0.25) is 5.91 Å². The summed E-state index contributed by atoms with van der Waals surface area (Å²) in [6.45, 7) is 2.72. The van der Waals surface area contributed by atoms with Crippen molar-refractivity contribution in [3.63, 3.8) is 0 Å². The number of amides is 2. The van der Waals surface area contributed by atoms with Gasteiger partial charge in [-0.25, -0.2) is 0 Å². The second-order valence-corrected chi connectivity index (χ2v) is 6.54. The second kappa shape index (κ2) is 8.33. The number of ether oxygens (including phenoxy) is 1. The fourth-order valence-corrected chi connectivity index (χ4v) is 3.15. The third kappa shape index (κ3) is 4.46. The monoisotopic (exact) mass is 355 g/mol. The van der Waals surface area contributed by atoms with Crippen LogP contribution in [0.3, 0.4) is 0 Å². The third-order valence-electron chi connectivity index (χ3n) is 3.14. The molecule has 0 saturated heterocycles. The number of anilines is 1. The number of halogens is 1. The Hall–Kier alpha value is -1.57. The minimum Gasteiger partial charge on any atom is -0.383 e. The predicted molar refractivity (Wildman–Crippen MR) is 93.2 cm³/mol. The van der Waals surface area contributed by atoms with Gasteiger partial charge in [0.05, 0.1) is 22.6 Å². The van der Waals surface area contributed by atoms with Crippen molar-refractivity contribution in [1.82, 2.24) is 5.32 Å². The van der Waals surface area contributed by atoms with Gasteiger partial charge in [-0.2, -0.15) is 0 Å². The zero-order valence-electron chi connectivity index (χ0n) is 12.9. The van der Waals surface area contributed by atoms with Crippen LogP contribution in [-0.4, -0.2) is 49.0 Å². The standard InChI is InChI=1S/C15H18ClN3O3S/c1-10(14(21)17-7-8-22-2)23-15-18-9-13(20)19(15)12-6-4-3-5-11(12)16/h3-6,10H,7-9H2,1-2H3,(H,17,21)/t10-/m0/s1. The quantitative estimate of drug-likeness (QED) is 0.791. The van der Waals surface area contributed by atoms with Gasteiger partial charge in [-0.15, -0.1) is 0 Å². The maximum atomic E-state index is 12.1. The molecule has 0 fully saturated rings. The number of nitrogens with one attached hydrogen (secondary N) is 1. The molecule has 8 heteroatoms. The number of para-hydroxylation sites is 1. The highest BCUT2D eigenvalue weighted by molar-refractivity contribution is 8.15. The molecular weight excluding hydrogens is 338 g/mol. The molecule has 2 rings (SSSR count). The molecule has 1 N–H and O–H groups in total. The molecule has 124 valence electrons. The number of carbonyl (C=O) groups is 2. The van der Waals surface area contributed by atoms with Crippen molar-refractivity contribution in [2.45, 2.75) is 12.2 Å². The molecule has 0 saturated carbocycles. The lowest BCUT2D eigenvalue weighted by Gasteiger charge is -2.21. The molecule has 23 heavy (non-hydrogen) atoms. The Morgan fingerprint density at radius 1 is 1.52 bits per heavy atom. The Morgan fingerprint density at radius 2 is 2.26 bits per heavy atom. The number of rotatable bonds is 6. The molecule has 0 spiro atoms. The number of methoxy groups -OCH3 is 1. The van der Waals surface area contributed by atoms with Gasteiger partial charge in [0.1, 0.15) is 6.54 Å². The van der Waals surface area contributed by atoms with Crippen molar-refractivity contribution >= 4 is 46.0 Å². The van der Waals surface area contributed by atoms with Crippen molar-refractivity contribution in [3.8, 4) is 0 Å². The van der Waals surface area contributed by atoms with Crippen molar-refractivity contribution in [2.75, 3.05) is 31.7 Å². The van der Waals surface area contributed by atoms with E-state index in [0.29, 0.717) is 29.0 Å². The van der Waals surface area contributed by atoms with Crippen molar-refractivity contribution < 1.29 is 14.3 Å². The molecule has 1 aliphatic rings. The maximum Gasteiger partial charge on any atom is 0.254 e. The van der Waals surface area contributed by atoms with Gasteiger partial charge in [0.15, 0.2) is 5.17 Å². The van der Waals surface area contributed by atoms with E-state index in [4.69, 9.17) is 16.3 Å². The fourth-order valence-electron chi connectivity index (χ4n) is 1.98. The molecule has 0 aromatic heterocycles. The molecule has 0 radical (unpaired) electrons.